The van der Waals surface area contributed by atoms with Crippen LogP contribution in [0.4, 0.5) is 24.0 Å². The standard InChI is InChI=1S/C17H14F3N3O2S2/c18-17(19,20)25-13-5-3-11(4-6-13)22-16-23-12(10-27-16)8-15(24)21-9-14-2-1-7-26-14/h1-7,10H,8-9H2,(H,21,24)(H,22,23). The van der Waals surface area contributed by atoms with Gasteiger partial charge in [0.25, 0.3) is 0 Å². The molecule has 0 aliphatic heterocycles. The van der Waals surface area contributed by atoms with E-state index in [-0.39, 0.29) is 18.1 Å². The average Bonchev–Trinajstić information content (AvgIpc) is 3.25. The van der Waals surface area contributed by atoms with Crippen LogP contribution in [0.15, 0.2) is 47.2 Å². The van der Waals surface area contributed by atoms with Gasteiger partial charge in [0.15, 0.2) is 5.13 Å². The van der Waals surface area contributed by atoms with Crippen molar-refractivity contribution in [1.29, 1.82) is 0 Å². The molecule has 142 valence electrons. The van der Waals surface area contributed by atoms with Crippen LogP contribution in [0, 0.1) is 0 Å². The van der Waals surface area contributed by atoms with Crippen molar-refractivity contribution < 1.29 is 22.7 Å². The van der Waals surface area contributed by atoms with E-state index in [9.17, 15) is 18.0 Å². The molecule has 10 heteroatoms. The number of rotatable bonds is 7. The molecule has 2 heterocycles. The van der Waals surface area contributed by atoms with Gasteiger partial charge in [-0.15, -0.1) is 35.8 Å². The minimum absolute atomic E-state index is 0.131. The maximum absolute atomic E-state index is 12.2. The third-order valence-corrected chi connectivity index (χ3v) is 4.96. The van der Waals surface area contributed by atoms with Gasteiger partial charge < -0.3 is 15.4 Å². The van der Waals surface area contributed by atoms with Gasteiger partial charge in [0.2, 0.25) is 5.91 Å². The Hall–Kier alpha value is -2.59. The van der Waals surface area contributed by atoms with E-state index in [1.165, 1.54) is 35.6 Å². The molecule has 3 rings (SSSR count). The Labute approximate surface area is 160 Å². The predicted molar refractivity (Wildman–Crippen MR) is 98.4 cm³/mol. The molecule has 27 heavy (non-hydrogen) atoms. The summed E-state index contributed by atoms with van der Waals surface area (Å²) in [5.74, 6) is -0.427. The molecule has 3 aromatic rings. The summed E-state index contributed by atoms with van der Waals surface area (Å²) in [5.41, 5.74) is 1.18. The molecule has 1 aromatic carbocycles. The van der Waals surface area contributed by atoms with Crippen LogP contribution < -0.4 is 15.4 Å². The van der Waals surface area contributed by atoms with Crippen LogP contribution in [0.1, 0.15) is 10.6 Å². The molecule has 5 nitrogen and oxygen atoms in total. The van der Waals surface area contributed by atoms with Gasteiger partial charge in [-0.05, 0) is 35.7 Å². The molecule has 0 bridgehead atoms. The van der Waals surface area contributed by atoms with Crippen LogP contribution in [0.25, 0.3) is 0 Å². The topological polar surface area (TPSA) is 63.2 Å². The number of halogens is 3. The first kappa shape index (κ1) is 19.2. The zero-order chi connectivity index (χ0) is 19.3. The molecule has 2 N–H and O–H groups in total. The van der Waals surface area contributed by atoms with Gasteiger partial charge in [0, 0.05) is 15.9 Å². The van der Waals surface area contributed by atoms with Crippen LogP contribution >= 0.6 is 22.7 Å². The van der Waals surface area contributed by atoms with Crippen LogP contribution in [0.5, 0.6) is 5.75 Å². The van der Waals surface area contributed by atoms with Gasteiger partial charge >= 0.3 is 6.36 Å². The number of nitrogens with one attached hydrogen (secondary N) is 2. The van der Waals surface area contributed by atoms with E-state index < -0.39 is 6.36 Å². The second-order valence-corrected chi connectivity index (χ2v) is 7.26. The fourth-order valence-corrected chi connectivity index (χ4v) is 3.51. The molecule has 0 saturated heterocycles. The first-order chi connectivity index (χ1) is 12.9. The number of carbonyl (C=O) groups is 1. The minimum atomic E-state index is -4.72. The summed E-state index contributed by atoms with van der Waals surface area (Å²) in [5, 5.41) is 10.1. The molecule has 0 radical (unpaired) electrons. The third-order valence-electron chi connectivity index (χ3n) is 3.27. The normalized spacial score (nSPS) is 11.2. The molecule has 1 amide bonds. The summed E-state index contributed by atoms with van der Waals surface area (Å²) in [6.07, 6.45) is -4.56. The van der Waals surface area contributed by atoms with E-state index in [0.29, 0.717) is 23.1 Å². The molecule has 0 aliphatic carbocycles. The minimum Gasteiger partial charge on any atom is -0.406 e. The number of hydrogen-bond donors (Lipinski definition) is 2. The molecule has 0 aliphatic rings. The lowest BCUT2D eigenvalue weighted by molar-refractivity contribution is -0.274. The van der Waals surface area contributed by atoms with E-state index in [2.05, 4.69) is 20.4 Å². The molecule has 0 spiro atoms. The van der Waals surface area contributed by atoms with Gasteiger partial charge in [-0.25, -0.2) is 4.98 Å². The monoisotopic (exact) mass is 413 g/mol. The number of thiophene rings is 1. The lowest BCUT2D eigenvalue weighted by Crippen LogP contribution is -2.24. The molecule has 0 unspecified atom stereocenters. The van der Waals surface area contributed by atoms with E-state index in [0.717, 1.165) is 4.88 Å². The maximum Gasteiger partial charge on any atom is 0.573 e. The second-order valence-electron chi connectivity index (χ2n) is 5.37. The molecule has 0 atom stereocenters. The number of carbonyl (C=O) groups excluding carboxylic acids is 1. The fourth-order valence-electron chi connectivity index (χ4n) is 2.13. The number of thiazole rings is 1. The number of hydrogen-bond acceptors (Lipinski definition) is 6. The van der Waals surface area contributed by atoms with Crippen molar-refractivity contribution in [2.24, 2.45) is 0 Å². The summed E-state index contributed by atoms with van der Waals surface area (Å²) in [7, 11) is 0. The highest BCUT2D eigenvalue weighted by atomic mass is 32.1. The van der Waals surface area contributed by atoms with Crippen molar-refractivity contribution in [2.45, 2.75) is 19.3 Å². The fraction of sp³-hybridized carbons (Fsp3) is 0.176. The van der Waals surface area contributed by atoms with Crippen LogP contribution in [0.3, 0.4) is 0 Å². The molecular formula is C17H14F3N3O2S2. The van der Waals surface area contributed by atoms with Crippen LogP contribution in [0.2, 0.25) is 0 Å². The Kier molecular flexibility index (Phi) is 5.97. The number of ether oxygens (including phenoxy) is 1. The summed E-state index contributed by atoms with van der Waals surface area (Å²) in [6.45, 7) is 0.484. The predicted octanol–water partition coefficient (Wildman–Crippen LogP) is 4.71. The highest BCUT2D eigenvalue weighted by Gasteiger charge is 2.30. The van der Waals surface area contributed by atoms with Crippen molar-refractivity contribution in [3.8, 4) is 5.75 Å². The SMILES string of the molecule is O=C(Cc1csc(Nc2ccc(OC(F)(F)F)cc2)n1)NCc1cccs1. The Bertz CT molecular complexity index is 878. The number of aromatic nitrogens is 1. The molecular weight excluding hydrogens is 399 g/mol. The van der Waals surface area contributed by atoms with Gasteiger partial charge in [-0.1, -0.05) is 6.07 Å². The summed E-state index contributed by atoms with van der Waals surface area (Å²) in [6, 6.07) is 9.20. The number of alkyl halides is 3. The maximum atomic E-state index is 12.2. The lowest BCUT2D eigenvalue weighted by atomic mass is 10.3. The van der Waals surface area contributed by atoms with Gasteiger partial charge in [-0.2, -0.15) is 0 Å². The average molecular weight is 413 g/mol. The van der Waals surface area contributed by atoms with Crippen LogP contribution in [-0.4, -0.2) is 17.3 Å². The summed E-state index contributed by atoms with van der Waals surface area (Å²) < 4.78 is 40.3. The van der Waals surface area contributed by atoms with E-state index in [1.807, 2.05) is 17.5 Å². The van der Waals surface area contributed by atoms with Gasteiger partial charge in [-0.3, -0.25) is 4.79 Å². The number of benzene rings is 1. The quantitative estimate of drug-likeness (QED) is 0.589. The van der Waals surface area contributed by atoms with E-state index in [1.54, 1.807) is 16.7 Å². The molecule has 0 saturated carbocycles. The molecule has 2 aromatic heterocycles. The van der Waals surface area contributed by atoms with Gasteiger partial charge in [0.05, 0.1) is 18.7 Å². The zero-order valence-electron chi connectivity index (χ0n) is 13.7. The smallest absolute Gasteiger partial charge is 0.406 e. The van der Waals surface area contributed by atoms with Gasteiger partial charge in [0.1, 0.15) is 5.75 Å². The zero-order valence-corrected chi connectivity index (χ0v) is 15.4. The highest BCUT2D eigenvalue weighted by molar-refractivity contribution is 7.13. The van der Waals surface area contributed by atoms with Crippen molar-refractivity contribution in [3.05, 3.63) is 57.7 Å². The second kappa shape index (κ2) is 8.40. The van der Waals surface area contributed by atoms with Crippen molar-refractivity contribution >= 4 is 39.4 Å². The lowest BCUT2D eigenvalue weighted by Gasteiger charge is -2.09. The third kappa shape index (κ3) is 6.26. The summed E-state index contributed by atoms with van der Waals surface area (Å²) >= 11 is 2.88. The largest absolute Gasteiger partial charge is 0.573 e. The molecule has 0 fully saturated rings. The van der Waals surface area contributed by atoms with Crippen molar-refractivity contribution in [3.63, 3.8) is 0 Å². The highest BCUT2D eigenvalue weighted by Crippen LogP contribution is 2.26. The Morgan fingerprint density at radius 1 is 1.15 bits per heavy atom. The van der Waals surface area contributed by atoms with Crippen LogP contribution in [-0.2, 0) is 17.8 Å². The van der Waals surface area contributed by atoms with E-state index >= 15 is 0 Å². The van der Waals surface area contributed by atoms with Crippen molar-refractivity contribution in [1.82, 2.24) is 10.3 Å². The van der Waals surface area contributed by atoms with E-state index in [4.69, 9.17) is 0 Å². The first-order valence-corrected chi connectivity index (χ1v) is 9.50. The first-order valence-electron chi connectivity index (χ1n) is 7.74. The summed E-state index contributed by atoms with van der Waals surface area (Å²) in [4.78, 5) is 17.3. The number of amides is 1. The Morgan fingerprint density at radius 3 is 2.59 bits per heavy atom. The Morgan fingerprint density at radius 2 is 1.93 bits per heavy atom. The number of nitrogens with zero attached hydrogens (tertiary/aromatic N) is 1. The Balaban J connectivity index is 1.50. The van der Waals surface area contributed by atoms with Crippen molar-refractivity contribution in [2.75, 3.05) is 5.32 Å². The number of anilines is 2.